The first-order chi connectivity index (χ1) is 1.73. The molecule has 0 spiro atoms. The van der Waals surface area contributed by atoms with Gasteiger partial charge in [0.05, 0.1) is 0 Å². The molecular weight excluding hydrogens is 281 g/mol. The topological polar surface area (TPSA) is 52.0 Å². The van der Waals surface area contributed by atoms with Crippen molar-refractivity contribution in [3.05, 3.63) is 0 Å². The zero-order valence-electron chi connectivity index (χ0n) is 2.77. The molecule has 0 aromatic carbocycles. The summed E-state index contributed by atoms with van der Waals surface area (Å²) >= 11 is 4.09. The molecule has 0 rings (SSSR count). The van der Waals surface area contributed by atoms with Gasteiger partial charge in [-0.3, -0.25) is 0 Å². The average Bonchev–Trinajstić information content (AvgIpc) is 0.811. The van der Waals surface area contributed by atoms with E-state index < -0.39 is 0 Å². The fourth-order valence-corrected chi connectivity index (χ4v) is 0. The Morgan fingerprint density at radius 2 is 1.40 bits per heavy atom. The molecule has 4 heteroatoms. The second-order valence-corrected chi connectivity index (χ2v) is 0.874. The Kier molecular flexibility index (Phi) is 8.35. The summed E-state index contributed by atoms with van der Waals surface area (Å²) in [6, 6.07) is 0. The van der Waals surface area contributed by atoms with Crippen molar-refractivity contribution in [2.45, 2.75) is 0 Å². The van der Waals surface area contributed by atoms with E-state index in [1.165, 1.54) is 0 Å². The molecule has 0 heterocycles. The number of nitrogens with two attached hydrogens (primary N) is 2. The minimum atomic E-state index is 0. The SMILES string of the molecule is NC(N)=S.[BiH3]. The van der Waals surface area contributed by atoms with Crippen LogP contribution >= 0.6 is 12.2 Å². The molecule has 0 fully saturated rings. The van der Waals surface area contributed by atoms with E-state index in [1.807, 2.05) is 0 Å². The summed E-state index contributed by atoms with van der Waals surface area (Å²) in [6.45, 7) is 0. The van der Waals surface area contributed by atoms with Crippen LogP contribution in [0.1, 0.15) is 0 Å². The van der Waals surface area contributed by atoms with Crippen LogP contribution in [0.25, 0.3) is 0 Å². The second-order valence-electron chi connectivity index (χ2n) is 0.402. The van der Waals surface area contributed by atoms with Crippen LogP contribution in [-0.2, 0) is 0 Å². The molecule has 0 aliphatic heterocycles. The van der Waals surface area contributed by atoms with Gasteiger partial charge in [-0.25, -0.2) is 0 Å². The van der Waals surface area contributed by atoms with Crippen LogP contribution in [0, 0.1) is 0 Å². The molecule has 0 amide bonds. The number of rotatable bonds is 0. The fraction of sp³-hybridized carbons (Fsp3) is 0. The van der Waals surface area contributed by atoms with Gasteiger partial charge >= 0.3 is 26.2 Å². The molecule has 0 unspecified atom stereocenters. The van der Waals surface area contributed by atoms with E-state index >= 15 is 0 Å². The van der Waals surface area contributed by atoms with Gasteiger partial charge in [0.25, 0.3) is 0 Å². The first-order valence-electron chi connectivity index (χ1n) is 0.781. The van der Waals surface area contributed by atoms with Crippen molar-refractivity contribution in [2.24, 2.45) is 11.5 Å². The van der Waals surface area contributed by atoms with Gasteiger partial charge in [-0.05, 0) is 12.2 Å². The van der Waals surface area contributed by atoms with Crippen LogP contribution in [0.5, 0.6) is 0 Å². The Morgan fingerprint density at radius 1 is 1.40 bits per heavy atom. The van der Waals surface area contributed by atoms with E-state index in [9.17, 15) is 0 Å². The molecule has 0 aromatic rings. The predicted molar refractivity (Wildman–Crippen MR) is 30.9 cm³/mol. The molecule has 0 bridgehead atoms. The zero-order valence-corrected chi connectivity index (χ0v) is 9.08. The Hall–Kier alpha value is 0.573. The molecule has 5 heavy (non-hydrogen) atoms. The minimum absolute atomic E-state index is 0. The third kappa shape index (κ3) is 92.2. The monoisotopic (exact) mass is 288 g/mol. The zero-order chi connectivity index (χ0) is 3.58. The number of thiocarbonyl (C=S) groups is 1. The fourth-order valence-electron chi connectivity index (χ4n) is 0. The summed E-state index contributed by atoms with van der Waals surface area (Å²) in [5, 5.41) is 0.000000000000000222. The Bertz CT molecular complexity index is 32.6. The quantitative estimate of drug-likeness (QED) is 0.401. The van der Waals surface area contributed by atoms with Gasteiger partial charge in [0, 0.05) is 0 Å². The van der Waals surface area contributed by atoms with E-state index in [0.717, 1.165) is 0 Å². The standard InChI is InChI=1S/CH4N2S.Bi.3H/c2-1(3)4;;;;/h(H4,2,3,4);;;;. The molecule has 0 saturated carbocycles. The molecule has 0 aliphatic rings. The summed E-state index contributed by atoms with van der Waals surface area (Å²) in [5.74, 6) is 0. The van der Waals surface area contributed by atoms with Gasteiger partial charge in [0.15, 0.2) is 5.11 Å². The summed E-state index contributed by atoms with van der Waals surface area (Å²) in [6.07, 6.45) is 0. The van der Waals surface area contributed by atoms with Crippen LogP contribution in [0.2, 0.25) is 0 Å². The van der Waals surface area contributed by atoms with E-state index in [0.29, 0.717) is 0 Å². The van der Waals surface area contributed by atoms with Crippen molar-refractivity contribution in [3.8, 4) is 0 Å². The number of hydrogen-bond donors (Lipinski definition) is 2. The van der Waals surface area contributed by atoms with E-state index in [-0.39, 0.29) is 31.3 Å². The van der Waals surface area contributed by atoms with Crippen molar-refractivity contribution in [1.82, 2.24) is 0 Å². The third-order valence-electron chi connectivity index (χ3n) is 0. The van der Waals surface area contributed by atoms with Gasteiger partial charge in [-0.2, -0.15) is 0 Å². The van der Waals surface area contributed by atoms with Crippen molar-refractivity contribution >= 4 is 43.5 Å². The summed E-state index contributed by atoms with van der Waals surface area (Å²) < 4.78 is 0. The predicted octanol–water partition coefficient (Wildman–Crippen LogP) is -2.00. The van der Waals surface area contributed by atoms with E-state index in [4.69, 9.17) is 0 Å². The normalized spacial score (nSPS) is 4.80. The van der Waals surface area contributed by atoms with Gasteiger partial charge in [0.1, 0.15) is 0 Å². The maximum atomic E-state index is 4.62. The first kappa shape index (κ1) is 9.13. The maximum absolute atomic E-state index is 4.62. The summed E-state index contributed by atoms with van der Waals surface area (Å²) in [5.41, 5.74) is 9.24. The number of hydrogen-bond acceptors (Lipinski definition) is 1. The average molecular weight is 288 g/mol. The van der Waals surface area contributed by atoms with Gasteiger partial charge < -0.3 is 11.5 Å². The Labute approximate surface area is 55.0 Å². The van der Waals surface area contributed by atoms with Gasteiger partial charge in [0.2, 0.25) is 0 Å². The molecule has 0 aromatic heterocycles. The van der Waals surface area contributed by atoms with E-state index in [1.54, 1.807) is 0 Å². The summed E-state index contributed by atoms with van der Waals surface area (Å²) in [7, 11) is 0. The van der Waals surface area contributed by atoms with Gasteiger partial charge in [-0.15, -0.1) is 0 Å². The molecule has 2 nitrogen and oxygen atoms in total. The molecule has 4 N–H and O–H groups in total. The van der Waals surface area contributed by atoms with Crippen LogP contribution < -0.4 is 11.5 Å². The van der Waals surface area contributed by atoms with Crippen molar-refractivity contribution in [1.29, 1.82) is 0 Å². The van der Waals surface area contributed by atoms with Gasteiger partial charge in [-0.1, -0.05) is 0 Å². The molecule has 0 aliphatic carbocycles. The Balaban J connectivity index is 0. The molecule has 0 atom stereocenters. The van der Waals surface area contributed by atoms with Crippen LogP contribution in [0.15, 0.2) is 0 Å². The molecule has 0 radical (unpaired) electrons. The van der Waals surface area contributed by atoms with E-state index in [2.05, 4.69) is 23.7 Å². The third-order valence-corrected chi connectivity index (χ3v) is 0. The molecule has 32 valence electrons. The summed E-state index contributed by atoms with van der Waals surface area (Å²) in [4.78, 5) is 0. The van der Waals surface area contributed by atoms with Crippen molar-refractivity contribution < 1.29 is 0 Å². The molecule has 0 saturated heterocycles. The van der Waals surface area contributed by atoms with Crippen LogP contribution in [0.4, 0.5) is 0 Å². The van der Waals surface area contributed by atoms with Crippen molar-refractivity contribution in [3.63, 3.8) is 0 Å². The molecular formula is CH7BiN2S. The van der Waals surface area contributed by atoms with Crippen LogP contribution in [-0.4, -0.2) is 31.3 Å². The van der Waals surface area contributed by atoms with Crippen molar-refractivity contribution in [2.75, 3.05) is 0 Å². The first-order valence-corrected chi connectivity index (χ1v) is 1.19. The second kappa shape index (κ2) is 4.57. The van der Waals surface area contributed by atoms with Crippen LogP contribution in [0.3, 0.4) is 0 Å². The Morgan fingerprint density at radius 3 is 1.40 bits per heavy atom.